The van der Waals surface area contributed by atoms with Crippen molar-refractivity contribution in [2.45, 2.75) is 0 Å². The van der Waals surface area contributed by atoms with Gasteiger partial charge in [-0.1, -0.05) is 23.2 Å². The van der Waals surface area contributed by atoms with Gasteiger partial charge in [-0.3, -0.25) is 19.1 Å². The predicted octanol–water partition coefficient (Wildman–Crippen LogP) is 2.69. The van der Waals surface area contributed by atoms with Crippen LogP contribution in [-0.2, 0) is 9.59 Å². The van der Waals surface area contributed by atoms with Crippen LogP contribution >= 0.6 is 23.2 Å². The molecule has 9 nitrogen and oxygen atoms in total. The van der Waals surface area contributed by atoms with Crippen LogP contribution in [0.4, 0.5) is 5.82 Å². The first-order valence-corrected chi connectivity index (χ1v) is 9.57. The fraction of sp³-hybridized carbons (Fsp3) is 0.150. The summed E-state index contributed by atoms with van der Waals surface area (Å²) >= 11 is 12.3. The summed E-state index contributed by atoms with van der Waals surface area (Å²) in [5.41, 5.74) is 0.899. The monoisotopic (exact) mass is 463 g/mol. The highest BCUT2D eigenvalue weighted by molar-refractivity contribution is 6.33. The summed E-state index contributed by atoms with van der Waals surface area (Å²) < 4.78 is 1.51. The second-order valence-corrected chi connectivity index (χ2v) is 6.74. The Balaban J connectivity index is 0.00000166. The van der Waals surface area contributed by atoms with E-state index in [2.05, 4.69) is 15.3 Å². The molecular formula is C20H19Cl2N5O4. The Labute approximate surface area is 188 Å². The molecule has 2 heterocycles. The van der Waals surface area contributed by atoms with Crippen molar-refractivity contribution < 1.29 is 19.5 Å². The number of imidazole rings is 1. The molecule has 0 saturated heterocycles. The average molecular weight is 464 g/mol. The molecule has 2 amide bonds. The number of aliphatic hydroxyl groups excluding tert-OH is 1. The smallest absolute Gasteiger partial charge is 0.274 e. The van der Waals surface area contributed by atoms with Crippen molar-refractivity contribution in [3.8, 4) is 17.2 Å². The highest BCUT2D eigenvalue weighted by Crippen LogP contribution is 2.32. The number of amides is 2. The van der Waals surface area contributed by atoms with Crippen molar-refractivity contribution in [2.75, 3.05) is 26.0 Å². The van der Waals surface area contributed by atoms with Crippen LogP contribution in [0.25, 0.3) is 17.2 Å². The molecule has 0 aliphatic carbocycles. The number of hydrogen-bond donors (Lipinski definition) is 2. The van der Waals surface area contributed by atoms with Crippen molar-refractivity contribution in [3.63, 3.8) is 0 Å². The fourth-order valence-corrected chi connectivity index (χ4v) is 3.03. The summed E-state index contributed by atoms with van der Waals surface area (Å²) in [5, 5.41) is 10.3. The number of halogens is 2. The van der Waals surface area contributed by atoms with E-state index in [1.165, 1.54) is 22.7 Å². The summed E-state index contributed by atoms with van der Waals surface area (Å²) in [4.78, 5) is 45.0. The second kappa shape index (κ2) is 11.2. The van der Waals surface area contributed by atoms with E-state index in [-0.39, 0.29) is 23.9 Å². The topological polar surface area (TPSA) is 117 Å². The molecule has 11 heteroatoms. The molecule has 0 aliphatic heterocycles. The Morgan fingerprint density at radius 1 is 1.19 bits per heavy atom. The maximum Gasteiger partial charge on any atom is 0.274 e. The number of carbonyl (C=O) groups excluding carboxylic acids is 3. The number of aliphatic hydroxyl groups is 1. The molecular weight excluding hydrogens is 445 g/mol. The first-order chi connectivity index (χ1) is 15.0. The van der Waals surface area contributed by atoms with E-state index in [1.54, 1.807) is 36.4 Å². The van der Waals surface area contributed by atoms with Crippen molar-refractivity contribution in [2.24, 2.45) is 0 Å². The van der Waals surface area contributed by atoms with Crippen LogP contribution in [0.15, 0.2) is 42.6 Å². The van der Waals surface area contributed by atoms with Crippen LogP contribution < -0.4 is 5.32 Å². The van der Waals surface area contributed by atoms with Gasteiger partial charge in [0, 0.05) is 31.1 Å². The summed E-state index contributed by atoms with van der Waals surface area (Å²) in [6, 6.07) is 9.97. The minimum absolute atomic E-state index is 0.00872. The lowest BCUT2D eigenvalue weighted by Gasteiger charge is -2.17. The van der Waals surface area contributed by atoms with Gasteiger partial charge in [-0.25, -0.2) is 4.98 Å². The number of anilines is 1. The van der Waals surface area contributed by atoms with Crippen LogP contribution in [-0.4, -0.2) is 63.8 Å². The van der Waals surface area contributed by atoms with E-state index in [4.69, 9.17) is 28.3 Å². The maximum atomic E-state index is 13.1. The third-order valence-electron chi connectivity index (χ3n) is 4.03. The SMILES string of the molecule is CN(CC=O)C(=O)c1c(NC=O)nc(-c2ncccc2Cl)n1-c1ccc(Cl)cc1.CO. The first kappa shape index (κ1) is 24.0. The van der Waals surface area contributed by atoms with Gasteiger partial charge >= 0.3 is 0 Å². The summed E-state index contributed by atoms with van der Waals surface area (Å²) in [5.74, 6) is -0.276. The molecule has 3 aromatic rings. The zero-order valence-corrected chi connectivity index (χ0v) is 18.1. The Morgan fingerprint density at radius 3 is 2.45 bits per heavy atom. The number of hydrogen-bond acceptors (Lipinski definition) is 6. The molecule has 31 heavy (non-hydrogen) atoms. The number of nitrogens with one attached hydrogen (secondary N) is 1. The maximum absolute atomic E-state index is 13.1. The largest absolute Gasteiger partial charge is 0.400 e. The second-order valence-electron chi connectivity index (χ2n) is 5.89. The van der Waals surface area contributed by atoms with E-state index >= 15 is 0 Å². The molecule has 3 rings (SSSR count). The van der Waals surface area contributed by atoms with Gasteiger partial charge in [0.15, 0.2) is 17.3 Å². The number of aldehydes is 1. The van der Waals surface area contributed by atoms with Gasteiger partial charge in [0.05, 0.1) is 11.6 Å². The third kappa shape index (κ3) is 5.26. The zero-order valence-electron chi connectivity index (χ0n) is 16.6. The molecule has 0 bridgehead atoms. The lowest BCUT2D eigenvalue weighted by atomic mass is 10.2. The Bertz CT molecular complexity index is 1070. The number of likely N-dealkylation sites (N-methyl/N-ethyl adjacent to an activating group) is 1. The fourth-order valence-electron chi connectivity index (χ4n) is 2.70. The Kier molecular flexibility index (Phi) is 8.68. The van der Waals surface area contributed by atoms with Crippen LogP contribution in [0.2, 0.25) is 10.0 Å². The Morgan fingerprint density at radius 2 is 1.87 bits per heavy atom. The normalized spacial score (nSPS) is 9.97. The molecule has 1 aromatic carbocycles. The quantitative estimate of drug-likeness (QED) is 0.520. The van der Waals surface area contributed by atoms with Gasteiger partial charge in [-0.05, 0) is 36.4 Å². The van der Waals surface area contributed by atoms with Gasteiger partial charge in [0.25, 0.3) is 5.91 Å². The van der Waals surface area contributed by atoms with E-state index in [9.17, 15) is 14.4 Å². The molecule has 0 saturated carbocycles. The van der Waals surface area contributed by atoms with Gasteiger partial charge in [-0.2, -0.15) is 0 Å². The van der Waals surface area contributed by atoms with E-state index < -0.39 is 5.91 Å². The van der Waals surface area contributed by atoms with Crippen LogP contribution in [0.3, 0.4) is 0 Å². The minimum atomic E-state index is -0.526. The molecule has 0 fully saturated rings. The highest BCUT2D eigenvalue weighted by Gasteiger charge is 2.28. The van der Waals surface area contributed by atoms with E-state index in [1.807, 2.05) is 0 Å². The van der Waals surface area contributed by atoms with Crippen LogP contribution in [0, 0.1) is 0 Å². The summed E-state index contributed by atoms with van der Waals surface area (Å²) in [6.45, 7) is -0.134. The molecule has 0 unspecified atom stereocenters. The molecule has 0 aliphatic rings. The zero-order chi connectivity index (χ0) is 23.0. The lowest BCUT2D eigenvalue weighted by Crippen LogP contribution is -2.30. The highest BCUT2D eigenvalue weighted by atomic mass is 35.5. The standard InChI is InChI=1S/C19H15Cl2N5O3.CH4O/c1-25(9-10-27)19(29)16-17(23-11-28)24-18(15-14(21)3-2-8-22-15)26(16)13-6-4-12(20)5-7-13;1-2/h2-8,10-11H,9H2,1H3,(H,23,28);2H,1H3. The number of benzene rings is 1. The number of carbonyl (C=O) groups is 3. The number of pyridine rings is 1. The van der Waals surface area contributed by atoms with Crippen molar-refractivity contribution in [1.29, 1.82) is 0 Å². The molecule has 2 N–H and O–H groups in total. The Hall–Kier alpha value is -3.27. The predicted molar refractivity (Wildman–Crippen MR) is 118 cm³/mol. The average Bonchev–Trinajstić information content (AvgIpc) is 3.14. The van der Waals surface area contributed by atoms with Crippen LogP contribution in [0.1, 0.15) is 10.5 Å². The summed E-state index contributed by atoms with van der Waals surface area (Å²) in [6.07, 6.45) is 2.55. The van der Waals surface area contributed by atoms with E-state index in [0.717, 1.165) is 7.11 Å². The minimum Gasteiger partial charge on any atom is -0.400 e. The third-order valence-corrected chi connectivity index (χ3v) is 4.58. The van der Waals surface area contributed by atoms with Crippen LogP contribution in [0.5, 0.6) is 0 Å². The molecule has 162 valence electrons. The van der Waals surface area contributed by atoms with Gasteiger partial charge in [0.2, 0.25) is 6.41 Å². The molecule has 0 atom stereocenters. The summed E-state index contributed by atoms with van der Waals surface area (Å²) in [7, 11) is 2.47. The van der Waals surface area contributed by atoms with E-state index in [0.29, 0.717) is 34.1 Å². The van der Waals surface area contributed by atoms with Crippen molar-refractivity contribution in [1.82, 2.24) is 19.4 Å². The van der Waals surface area contributed by atoms with Gasteiger partial charge in [0.1, 0.15) is 12.0 Å². The number of nitrogens with zero attached hydrogens (tertiary/aromatic N) is 4. The molecule has 2 aromatic heterocycles. The van der Waals surface area contributed by atoms with Crippen molar-refractivity contribution in [3.05, 3.63) is 58.3 Å². The first-order valence-electron chi connectivity index (χ1n) is 8.81. The lowest BCUT2D eigenvalue weighted by molar-refractivity contribution is -0.108. The molecule has 0 radical (unpaired) electrons. The van der Waals surface area contributed by atoms with Gasteiger partial charge < -0.3 is 20.1 Å². The van der Waals surface area contributed by atoms with Crippen molar-refractivity contribution >= 4 is 47.6 Å². The van der Waals surface area contributed by atoms with Gasteiger partial charge in [-0.15, -0.1) is 0 Å². The molecule has 0 spiro atoms. The number of aromatic nitrogens is 3. The number of rotatable bonds is 7.